The summed E-state index contributed by atoms with van der Waals surface area (Å²) in [5.41, 5.74) is 6.69. The molecule has 1 aromatic carbocycles. The van der Waals surface area contributed by atoms with Crippen molar-refractivity contribution in [2.75, 3.05) is 20.1 Å². The molecule has 4 heteroatoms. The second-order valence-electron chi connectivity index (χ2n) is 4.81. The molecule has 0 aliphatic heterocycles. The molecule has 1 atom stereocenters. The number of hydrogen-bond donors (Lipinski definition) is 1. The van der Waals surface area contributed by atoms with Crippen molar-refractivity contribution >= 4 is 11.6 Å². The van der Waals surface area contributed by atoms with E-state index in [4.69, 9.17) is 17.3 Å². The van der Waals surface area contributed by atoms with E-state index in [1.165, 1.54) is 18.9 Å². The van der Waals surface area contributed by atoms with Crippen molar-refractivity contribution in [3.8, 4) is 0 Å². The topological polar surface area (TPSA) is 29.3 Å². The smallest absolute Gasteiger partial charge is 0.142 e. The number of hydrogen-bond acceptors (Lipinski definition) is 2. The van der Waals surface area contributed by atoms with Gasteiger partial charge in [0.2, 0.25) is 0 Å². The third kappa shape index (κ3) is 3.18. The average molecular weight is 257 g/mol. The zero-order valence-corrected chi connectivity index (χ0v) is 10.8. The number of rotatable bonds is 5. The second kappa shape index (κ2) is 5.34. The SMILES string of the molecule is CN(CC1CC1)C(CN)c1ccc(Cl)c(F)c1. The predicted molar refractivity (Wildman–Crippen MR) is 68.6 cm³/mol. The molecule has 2 nitrogen and oxygen atoms in total. The number of nitrogens with zero attached hydrogens (tertiary/aromatic N) is 1. The lowest BCUT2D eigenvalue weighted by atomic mass is 10.1. The molecule has 17 heavy (non-hydrogen) atoms. The van der Waals surface area contributed by atoms with E-state index in [-0.39, 0.29) is 16.9 Å². The third-order valence-corrected chi connectivity index (χ3v) is 3.63. The zero-order chi connectivity index (χ0) is 12.4. The van der Waals surface area contributed by atoms with Gasteiger partial charge >= 0.3 is 0 Å². The lowest BCUT2D eigenvalue weighted by molar-refractivity contribution is 0.240. The Labute approximate surface area is 107 Å². The Morgan fingerprint density at radius 2 is 2.24 bits per heavy atom. The Morgan fingerprint density at radius 3 is 2.76 bits per heavy atom. The van der Waals surface area contributed by atoms with E-state index in [1.54, 1.807) is 6.07 Å². The van der Waals surface area contributed by atoms with Crippen molar-refractivity contribution in [2.24, 2.45) is 11.7 Å². The van der Waals surface area contributed by atoms with Crippen molar-refractivity contribution in [1.82, 2.24) is 4.90 Å². The highest BCUT2D eigenvalue weighted by molar-refractivity contribution is 6.30. The number of benzene rings is 1. The van der Waals surface area contributed by atoms with E-state index in [9.17, 15) is 4.39 Å². The molecular formula is C13H18ClFN2. The van der Waals surface area contributed by atoms with E-state index in [0.717, 1.165) is 18.0 Å². The van der Waals surface area contributed by atoms with Gasteiger partial charge in [-0.3, -0.25) is 4.90 Å². The van der Waals surface area contributed by atoms with Gasteiger partial charge in [-0.05, 0) is 43.5 Å². The van der Waals surface area contributed by atoms with Gasteiger partial charge in [0.05, 0.1) is 5.02 Å². The highest BCUT2D eigenvalue weighted by Crippen LogP contribution is 2.32. The van der Waals surface area contributed by atoms with Crippen LogP contribution in [0.4, 0.5) is 4.39 Å². The Kier molecular flexibility index (Phi) is 4.02. The van der Waals surface area contributed by atoms with Crippen LogP contribution in [-0.4, -0.2) is 25.0 Å². The normalized spacial score (nSPS) is 17.5. The van der Waals surface area contributed by atoms with Crippen LogP contribution < -0.4 is 5.73 Å². The van der Waals surface area contributed by atoms with Crippen molar-refractivity contribution in [3.63, 3.8) is 0 Å². The molecule has 0 radical (unpaired) electrons. The first-order chi connectivity index (χ1) is 8.11. The number of nitrogens with two attached hydrogens (primary N) is 1. The van der Waals surface area contributed by atoms with Gasteiger partial charge in [0.25, 0.3) is 0 Å². The van der Waals surface area contributed by atoms with Crippen LogP contribution in [0.3, 0.4) is 0 Å². The van der Waals surface area contributed by atoms with Gasteiger partial charge in [-0.25, -0.2) is 4.39 Å². The van der Waals surface area contributed by atoms with Crippen molar-refractivity contribution in [3.05, 3.63) is 34.6 Å². The van der Waals surface area contributed by atoms with Gasteiger partial charge < -0.3 is 5.73 Å². The summed E-state index contributed by atoms with van der Waals surface area (Å²) in [6.45, 7) is 1.52. The quantitative estimate of drug-likeness (QED) is 0.878. The molecular weight excluding hydrogens is 239 g/mol. The summed E-state index contributed by atoms with van der Waals surface area (Å²) in [6.07, 6.45) is 2.60. The summed E-state index contributed by atoms with van der Waals surface area (Å²) < 4.78 is 13.4. The molecule has 0 aromatic heterocycles. The van der Waals surface area contributed by atoms with E-state index < -0.39 is 0 Å². The predicted octanol–water partition coefficient (Wildman–Crippen LogP) is 2.82. The molecule has 0 bridgehead atoms. The first kappa shape index (κ1) is 12.8. The Hall–Kier alpha value is -0.640. The molecule has 0 saturated heterocycles. The Balaban J connectivity index is 2.12. The summed E-state index contributed by atoms with van der Waals surface area (Å²) in [7, 11) is 2.04. The minimum atomic E-state index is -0.373. The summed E-state index contributed by atoms with van der Waals surface area (Å²) in [4.78, 5) is 2.21. The largest absolute Gasteiger partial charge is 0.329 e. The van der Waals surface area contributed by atoms with Crippen LogP contribution in [0.5, 0.6) is 0 Å². The fourth-order valence-corrected chi connectivity index (χ4v) is 2.24. The molecule has 1 unspecified atom stereocenters. The van der Waals surface area contributed by atoms with Crippen molar-refractivity contribution < 1.29 is 4.39 Å². The lowest BCUT2D eigenvalue weighted by Gasteiger charge is -2.27. The number of halogens is 2. The highest BCUT2D eigenvalue weighted by Gasteiger charge is 2.26. The maximum atomic E-state index is 13.4. The van der Waals surface area contributed by atoms with Crippen LogP contribution in [0.25, 0.3) is 0 Å². The molecule has 2 N–H and O–H groups in total. The maximum Gasteiger partial charge on any atom is 0.142 e. The minimum absolute atomic E-state index is 0.0716. The van der Waals surface area contributed by atoms with Crippen molar-refractivity contribution in [2.45, 2.75) is 18.9 Å². The second-order valence-corrected chi connectivity index (χ2v) is 5.22. The molecule has 1 aliphatic rings. The molecule has 1 saturated carbocycles. The average Bonchev–Trinajstić information content (AvgIpc) is 3.08. The van der Waals surface area contributed by atoms with Gasteiger partial charge in [-0.2, -0.15) is 0 Å². The molecule has 1 aromatic rings. The Morgan fingerprint density at radius 1 is 1.53 bits per heavy atom. The zero-order valence-electron chi connectivity index (χ0n) is 10.00. The van der Waals surface area contributed by atoms with E-state index >= 15 is 0 Å². The molecule has 94 valence electrons. The van der Waals surface area contributed by atoms with Crippen molar-refractivity contribution in [1.29, 1.82) is 0 Å². The fourth-order valence-electron chi connectivity index (χ4n) is 2.13. The van der Waals surface area contributed by atoms with Gasteiger partial charge in [-0.15, -0.1) is 0 Å². The monoisotopic (exact) mass is 256 g/mol. The number of likely N-dealkylation sites (N-methyl/N-ethyl adjacent to an activating group) is 1. The molecule has 1 fully saturated rings. The molecule has 0 spiro atoms. The maximum absolute atomic E-state index is 13.4. The highest BCUT2D eigenvalue weighted by atomic mass is 35.5. The van der Waals surface area contributed by atoms with Crippen LogP contribution >= 0.6 is 11.6 Å². The first-order valence-electron chi connectivity index (χ1n) is 5.97. The lowest BCUT2D eigenvalue weighted by Crippen LogP contribution is -2.32. The minimum Gasteiger partial charge on any atom is -0.329 e. The van der Waals surface area contributed by atoms with Crippen LogP contribution in [0.2, 0.25) is 5.02 Å². The molecule has 0 heterocycles. The van der Waals surface area contributed by atoms with Gasteiger partial charge in [0, 0.05) is 19.1 Å². The van der Waals surface area contributed by atoms with Gasteiger partial charge in [0.15, 0.2) is 0 Å². The Bertz CT molecular complexity index is 393. The van der Waals surface area contributed by atoms with Crippen LogP contribution in [-0.2, 0) is 0 Å². The summed E-state index contributed by atoms with van der Waals surface area (Å²) in [6, 6.07) is 5.01. The third-order valence-electron chi connectivity index (χ3n) is 3.33. The summed E-state index contributed by atoms with van der Waals surface area (Å²) >= 11 is 5.68. The summed E-state index contributed by atoms with van der Waals surface area (Å²) in [5.74, 6) is 0.425. The van der Waals surface area contributed by atoms with Crippen LogP contribution in [0.15, 0.2) is 18.2 Å². The first-order valence-corrected chi connectivity index (χ1v) is 6.35. The van der Waals surface area contributed by atoms with E-state index in [0.29, 0.717) is 6.54 Å². The molecule has 1 aliphatic carbocycles. The summed E-state index contributed by atoms with van der Waals surface area (Å²) in [5, 5.41) is 0.161. The van der Waals surface area contributed by atoms with Crippen LogP contribution in [0.1, 0.15) is 24.4 Å². The van der Waals surface area contributed by atoms with Crippen LogP contribution in [0, 0.1) is 11.7 Å². The van der Waals surface area contributed by atoms with Gasteiger partial charge in [0.1, 0.15) is 5.82 Å². The van der Waals surface area contributed by atoms with E-state index in [1.807, 2.05) is 13.1 Å². The van der Waals surface area contributed by atoms with Gasteiger partial charge in [-0.1, -0.05) is 17.7 Å². The van der Waals surface area contributed by atoms with E-state index in [2.05, 4.69) is 4.90 Å². The molecule has 2 rings (SSSR count). The fraction of sp³-hybridized carbons (Fsp3) is 0.538. The standard InChI is InChI=1S/C13H18ClFN2/c1-17(8-9-2-3-9)13(7-16)10-4-5-11(14)12(15)6-10/h4-6,9,13H,2-3,7-8,16H2,1H3. The molecule has 0 amide bonds.